The third-order valence-corrected chi connectivity index (χ3v) is 6.49. The van der Waals surface area contributed by atoms with Crippen molar-refractivity contribution in [2.24, 2.45) is 0 Å². The van der Waals surface area contributed by atoms with Gasteiger partial charge in [0.05, 0.1) is 10.9 Å². The van der Waals surface area contributed by atoms with Crippen LogP contribution in [0.5, 0.6) is 0 Å². The summed E-state index contributed by atoms with van der Waals surface area (Å²) < 4.78 is 11.7. The lowest BCUT2D eigenvalue weighted by molar-refractivity contribution is 0.0466. The van der Waals surface area contributed by atoms with Crippen LogP contribution in [0.25, 0.3) is 11.0 Å². The van der Waals surface area contributed by atoms with E-state index in [0.717, 1.165) is 25.3 Å². The molecule has 2 unspecified atom stereocenters. The molecule has 33 heavy (non-hydrogen) atoms. The zero-order valence-corrected chi connectivity index (χ0v) is 19.4. The minimum absolute atomic E-state index is 0.0948. The summed E-state index contributed by atoms with van der Waals surface area (Å²) in [4.78, 5) is 28.2. The Kier molecular flexibility index (Phi) is 7.09. The summed E-state index contributed by atoms with van der Waals surface area (Å²) in [5.74, 6) is 0.861. The molecule has 172 valence electrons. The van der Waals surface area contributed by atoms with E-state index in [4.69, 9.17) is 9.15 Å². The topological polar surface area (TPSA) is 59.8 Å². The normalized spacial score (nSPS) is 17.3. The Balaban J connectivity index is 1.60. The number of esters is 1. The van der Waals surface area contributed by atoms with E-state index in [-0.39, 0.29) is 11.3 Å². The van der Waals surface area contributed by atoms with Crippen molar-refractivity contribution in [1.82, 2.24) is 4.90 Å². The van der Waals surface area contributed by atoms with E-state index in [1.54, 1.807) is 24.3 Å². The number of rotatable bonds is 10. The van der Waals surface area contributed by atoms with Crippen LogP contribution in [0.2, 0.25) is 0 Å². The third kappa shape index (κ3) is 4.93. The van der Waals surface area contributed by atoms with Gasteiger partial charge in [0.15, 0.2) is 5.43 Å². The molecule has 0 bridgehead atoms. The van der Waals surface area contributed by atoms with Gasteiger partial charge < -0.3 is 14.1 Å². The van der Waals surface area contributed by atoms with E-state index < -0.39 is 5.97 Å². The Morgan fingerprint density at radius 2 is 1.91 bits per heavy atom. The van der Waals surface area contributed by atoms with Gasteiger partial charge in [-0.05, 0) is 55.6 Å². The molecule has 0 spiro atoms. The number of allylic oxidation sites excluding steroid dienone is 1. The predicted molar refractivity (Wildman–Crippen MR) is 131 cm³/mol. The van der Waals surface area contributed by atoms with Crippen LogP contribution in [0, 0.1) is 0 Å². The maximum absolute atomic E-state index is 13.4. The Morgan fingerprint density at radius 1 is 1.15 bits per heavy atom. The first kappa shape index (κ1) is 23.0. The summed E-state index contributed by atoms with van der Waals surface area (Å²) in [7, 11) is 0. The predicted octanol–water partition coefficient (Wildman–Crippen LogP) is 5.29. The fourth-order valence-electron chi connectivity index (χ4n) is 4.46. The monoisotopic (exact) mass is 445 g/mol. The molecule has 1 aliphatic carbocycles. The molecule has 0 saturated heterocycles. The lowest BCUT2D eigenvalue weighted by atomic mass is 10.0. The maximum Gasteiger partial charge on any atom is 0.338 e. The average molecular weight is 446 g/mol. The van der Waals surface area contributed by atoms with Gasteiger partial charge in [0, 0.05) is 18.0 Å². The Morgan fingerprint density at radius 3 is 2.61 bits per heavy atom. The van der Waals surface area contributed by atoms with E-state index >= 15 is 0 Å². The summed E-state index contributed by atoms with van der Waals surface area (Å²) >= 11 is 0. The molecular weight excluding hydrogens is 414 g/mol. The second-order valence-electron chi connectivity index (χ2n) is 8.50. The summed E-state index contributed by atoms with van der Waals surface area (Å²) in [5.41, 5.74) is 2.66. The number of nitrogens with zero attached hydrogens (tertiary/aromatic N) is 1. The van der Waals surface area contributed by atoms with Crippen molar-refractivity contribution in [3.05, 3.63) is 93.9 Å². The zero-order chi connectivity index (χ0) is 23.4. The first-order chi connectivity index (χ1) is 16.1. The summed E-state index contributed by atoms with van der Waals surface area (Å²) in [6, 6.07) is 15.3. The Hall–Kier alpha value is -3.18. The average Bonchev–Trinajstić information content (AvgIpc) is 3.64. The van der Waals surface area contributed by atoms with Gasteiger partial charge in [0.2, 0.25) is 0 Å². The molecule has 1 aromatic heterocycles. The molecule has 5 heteroatoms. The van der Waals surface area contributed by atoms with Crippen LogP contribution < -0.4 is 5.43 Å². The third-order valence-electron chi connectivity index (χ3n) is 6.49. The van der Waals surface area contributed by atoms with Gasteiger partial charge in [-0.1, -0.05) is 50.3 Å². The van der Waals surface area contributed by atoms with Crippen molar-refractivity contribution < 1.29 is 13.9 Å². The molecule has 0 aliphatic heterocycles. The number of benzene rings is 2. The van der Waals surface area contributed by atoms with Gasteiger partial charge in [-0.15, -0.1) is 6.58 Å². The minimum Gasteiger partial charge on any atom is -0.461 e. The molecule has 1 fully saturated rings. The molecule has 3 aromatic rings. The fraction of sp³-hybridized carbons (Fsp3) is 0.357. The summed E-state index contributed by atoms with van der Waals surface area (Å²) in [6.07, 6.45) is 3.12. The SMILES string of the molecule is C=CCc1c(C2CC2c2ccccc2)oc2ccc(C(=O)OCCN(CC)CC)cc2c1=O. The molecule has 1 aliphatic rings. The van der Waals surface area contributed by atoms with Gasteiger partial charge in [0.25, 0.3) is 0 Å². The molecule has 1 saturated carbocycles. The lowest BCUT2D eigenvalue weighted by Gasteiger charge is -2.17. The molecule has 5 nitrogen and oxygen atoms in total. The van der Waals surface area contributed by atoms with E-state index in [0.29, 0.717) is 47.6 Å². The van der Waals surface area contributed by atoms with E-state index in [1.165, 1.54) is 5.56 Å². The second-order valence-corrected chi connectivity index (χ2v) is 8.50. The van der Waals surface area contributed by atoms with Crippen LogP contribution in [-0.2, 0) is 11.2 Å². The van der Waals surface area contributed by atoms with Crippen LogP contribution in [0.1, 0.15) is 59.3 Å². The van der Waals surface area contributed by atoms with Crippen LogP contribution in [0.3, 0.4) is 0 Å². The second kappa shape index (κ2) is 10.2. The number of carbonyl (C=O) groups is 1. The smallest absolute Gasteiger partial charge is 0.338 e. The zero-order valence-electron chi connectivity index (χ0n) is 19.4. The van der Waals surface area contributed by atoms with Crippen molar-refractivity contribution in [2.75, 3.05) is 26.2 Å². The Labute approximate surface area is 194 Å². The fourth-order valence-corrected chi connectivity index (χ4v) is 4.46. The van der Waals surface area contributed by atoms with Crippen molar-refractivity contribution in [3.63, 3.8) is 0 Å². The van der Waals surface area contributed by atoms with Crippen LogP contribution in [-0.4, -0.2) is 37.1 Å². The molecule has 2 aromatic carbocycles. The lowest BCUT2D eigenvalue weighted by Crippen LogP contribution is -2.27. The van der Waals surface area contributed by atoms with Crippen LogP contribution in [0.4, 0.5) is 0 Å². The maximum atomic E-state index is 13.4. The van der Waals surface area contributed by atoms with Gasteiger partial charge in [0.1, 0.15) is 18.0 Å². The number of fused-ring (bicyclic) bond motifs is 1. The van der Waals surface area contributed by atoms with E-state index in [2.05, 4.69) is 37.5 Å². The van der Waals surface area contributed by atoms with Crippen molar-refractivity contribution in [2.45, 2.75) is 38.5 Å². The molecule has 0 amide bonds. The van der Waals surface area contributed by atoms with Crippen LogP contribution >= 0.6 is 0 Å². The van der Waals surface area contributed by atoms with Crippen molar-refractivity contribution >= 4 is 16.9 Å². The van der Waals surface area contributed by atoms with Crippen LogP contribution in [0.15, 0.2) is 70.4 Å². The van der Waals surface area contributed by atoms with Gasteiger partial charge in [-0.25, -0.2) is 4.79 Å². The summed E-state index contributed by atoms with van der Waals surface area (Å²) in [6.45, 7) is 10.8. The number of hydrogen-bond donors (Lipinski definition) is 0. The van der Waals surface area contributed by atoms with E-state index in [1.807, 2.05) is 18.2 Å². The van der Waals surface area contributed by atoms with Gasteiger partial charge >= 0.3 is 5.97 Å². The quantitative estimate of drug-likeness (QED) is 0.313. The van der Waals surface area contributed by atoms with E-state index in [9.17, 15) is 9.59 Å². The number of likely N-dealkylation sites (N-methyl/N-ethyl adjacent to an activating group) is 1. The first-order valence-electron chi connectivity index (χ1n) is 11.7. The molecule has 1 heterocycles. The highest BCUT2D eigenvalue weighted by atomic mass is 16.5. The molecule has 0 N–H and O–H groups in total. The number of hydrogen-bond acceptors (Lipinski definition) is 5. The molecular formula is C28H31NO4. The van der Waals surface area contributed by atoms with Gasteiger partial charge in [-0.2, -0.15) is 0 Å². The highest BCUT2D eigenvalue weighted by Gasteiger charge is 2.43. The number of carbonyl (C=O) groups excluding carboxylic acids is 1. The largest absolute Gasteiger partial charge is 0.461 e. The first-order valence-corrected chi connectivity index (χ1v) is 11.7. The molecule has 2 atom stereocenters. The highest BCUT2D eigenvalue weighted by molar-refractivity contribution is 5.94. The minimum atomic E-state index is -0.427. The summed E-state index contributed by atoms with van der Waals surface area (Å²) in [5, 5.41) is 0.408. The van der Waals surface area contributed by atoms with Crippen molar-refractivity contribution in [3.8, 4) is 0 Å². The highest BCUT2D eigenvalue weighted by Crippen LogP contribution is 2.55. The Bertz CT molecular complexity index is 1190. The van der Waals surface area contributed by atoms with Crippen molar-refractivity contribution in [1.29, 1.82) is 0 Å². The standard InChI is InChI=1S/C28H31NO4/c1-4-10-21-26(30)24-17-20(28(31)32-16-15-29(5-2)6-3)13-14-25(24)33-27(21)23-18-22(23)19-11-8-7-9-12-19/h4,7-9,11-14,17,22-23H,1,5-6,10,15-16,18H2,2-3H3. The van der Waals surface area contributed by atoms with Gasteiger partial charge in [-0.3, -0.25) is 4.79 Å². The molecule has 4 rings (SSSR count). The number of ether oxygens (including phenoxy) is 1. The molecule has 0 radical (unpaired) electrons.